The van der Waals surface area contributed by atoms with Gasteiger partial charge in [0.1, 0.15) is 0 Å². The zero-order valence-corrected chi connectivity index (χ0v) is 12.9. The molecule has 1 aliphatic rings. The molecule has 2 unspecified atom stereocenters. The first-order valence-electron chi connectivity index (χ1n) is 7.89. The molecule has 0 aliphatic heterocycles. The second-order valence-corrected chi connectivity index (χ2v) is 6.41. The summed E-state index contributed by atoms with van der Waals surface area (Å²) in [5.74, 6) is 0. The van der Waals surface area contributed by atoms with E-state index in [1.54, 1.807) is 0 Å². The minimum Gasteiger partial charge on any atom is -0.381 e. The van der Waals surface area contributed by atoms with Crippen LogP contribution in [0.25, 0.3) is 0 Å². The van der Waals surface area contributed by atoms with E-state index in [2.05, 4.69) is 26.1 Å². The Kier molecular flexibility index (Phi) is 7.25. The number of unbranched alkanes of at least 4 members (excludes halogenated alkanes) is 6. The Morgan fingerprint density at radius 1 is 1.06 bits per heavy atom. The summed E-state index contributed by atoms with van der Waals surface area (Å²) in [6.45, 7) is 8.08. The minimum absolute atomic E-state index is 0.315. The van der Waals surface area contributed by atoms with Crippen LogP contribution in [0.4, 0.5) is 0 Å². The van der Waals surface area contributed by atoms with Gasteiger partial charge in [0.25, 0.3) is 0 Å². The third-order valence-corrected chi connectivity index (χ3v) is 4.63. The van der Waals surface area contributed by atoms with Gasteiger partial charge in [0.2, 0.25) is 0 Å². The maximum absolute atomic E-state index is 5.47. The Hall–Kier alpha value is -0.0800. The lowest BCUT2D eigenvalue weighted by atomic mass is 9.64. The van der Waals surface area contributed by atoms with Gasteiger partial charge < -0.3 is 10.1 Å². The summed E-state index contributed by atoms with van der Waals surface area (Å²) in [4.78, 5) is 0. The zero-order valence-electron chi connectivity index (χ0n) is 12.9. The van der Waals surface area contributed by atoms with E-state index < -0.39 is 0 Å². The van der Waals surface area contributed by atoms with Crippen molar-refractivity contribution in [1.29, 1.82) is 0 Å². The van der Waals surface area contributed by atoms with E-state index in [9.17, 15) is 0 Å². The van der Waals surface area contributed by atoms with E-state index in [1.165, 1.54) is 57.9 Å². The molecule has 0 amide bonds. The Labute approximate surface area is 114 Å². The maximum Gasteiger partial charge on any atom is 0.0652 e. The quantitative estimate of drug-likeness (QED) is 0.592. The largest absolute Gasteiger partial charge is 0.381 e. The molecule has 18 heavy (non-hydrogen) atoms. The topological polar surface area (TPSA) is 21.3 Å². The molecule has 2 atom stereocenters. The van der Waals surface area contributed by atoms with Crippen molar-refractivity contribution < 1.29 is 4.74 Å². The van der Waals surface area contributed by atoms with Crippen molar-refractivity contribution in [3.8, 4) is 0 Å². The highest BCUT2D eigenvalue weighted by Gasteiger charge is 2.47. The molecular weight excluding hydrogens is 222 g/mol. The van der Waals surface area contributed by atoms with Crippen molar-refractivity contribution in [3.63, 3.8) is 0 Å². The van der Waals surface area contributed by atoms with Crippen LogP contribution in [0.2, 0.25) is 0 Å². The predicted octanol–water partition coefficient (Wildman–Crippen LogP) is 4.14. The van der Waals surface area contributed by atoms with Gasteiger partial charge in [0.15, 0.2) is 0 Å². The second-order valence-electron chi connectivity index (χ2n) is 6.41. The summed E-state index contributed by atoms with van der Waals surface area (Å²) in [7, 11) is 1.83. The van der Waals surface area contributed by atoms with Crippen molar-refractivity contribution in [2.24, 2.45) is 5.41 Å². The van der Waals surface area contributed by atoms with Crippen LogP contribution in [0.15, 0.2) is 0 Å². The molecule has 0 aromatic rings. The molecule has 0 aromatic heterocycles. The van der Waals surface area contributed by atoms with Crippen LogP contribution in [-0.4, -0.2) is 25.8 Å². The van der Waals surface area contributed by atoms with Crippen molar-refractivity contribution in [1.82, 2.24) is 5.32 Å². The normalized spacial score (nSPS) is 26.0. The van der Waals surface area contributed by atoms with Crippen LogP contribution in [0.1, 0.15) is 72.1 Å². The average Bonchev–Trinajstić information content (AvgIpc) is 2.35. The molecule has 0 aromatic carbocycles. The highest BCUT2D eigenvalue weighted by atomic mass is 16.5. The molecule has 108 valence electrons. The van der Waals surface area contributed by atoms with Crippen molar-refractivity contribution in [2.75, 3.05) is 13.7 Å². The molecule has 1 fully saturated rings. The molecule has 1 N–H and O–H groups in total. The van der Waals surface area contributed by atoms with Crippen molar-refractivity contribution >= 4 is 0 Å². The van der Waals surface area contributed by atoms with Crippen molar-refractivity contribution in [2.45, 2.75) is 84.3 Å². The summed E-state index contributed by atoms with van der Waals surface area (Å²) in [6, 6.07) is 0.655. The lowest BCUT2D eigenvalue weighted by Crippen LogP contribution is -2.60. The summed E-state index contributed by atoms with van der Waals surface area (Å²) in [5, 5.41) is 3.70. The molecule has 1 saturated carbocycles. The van der Waals surface area contributed by atoms with Crippen LogP contribution < -0.4 is 5.32 Å². The third kappa shape index (κ3) is 4.55. The van der Waals surface area contributed by atoms with Gasteiger partial charge in [-0.05, 0) is 19.4 Å². The molecule has 0 spiro atoms. The van der Waals surface area contributed by atoms with Gasteiger partial charge in [-0.3, -0.25) is 0 Å². The highest BCUT2D eigenvalue weighted by molar-refractivity contribution is 5.02. The standard InChI is InChI=1S/C16H33NO/c1-5-6-7-8-9-10-11-12-17-14-13-15(18-4)16(14,2)3/h14-15,17H,5-13H2,1-4H3. The highest BCUT2D eigenvalue weighted by Crippen LogP contribution is 2.42. The van der Waals surface area contributed by atoms with E-state index >= 15 is 0 Å². The molecule has 2 heteroatoms. The SMILES string of the molecule is CCCCCCCCCNC1CC(OC)C1(C)C. The fourth-order valence-corrected chi connectivity index (χ4v) is 2.99. The van der Waals surface area contributed by atoms with Gasteiger partial charge in [-0.15, -0.1) is 0 Å². The fraction of sp³-hybridized carbons (Fsp3) is 1.00. The number of rotatable bonds is 10. The average molecular weight is 255 g/mol. The van der Waals surface area contributed by atoms with Gasteiger partial charge in [-0.1, -0.05) is 59.3 Å². The van der Waals surface area contributed by atoms with Gasteiger partial charge in [0, 0.05) is 18.6 Å². The van der Waals surface area contributed by atoms with Crippen LogP contribution in [0.5, 0.6) is 0 Å². The van der Waals surface area contributed by atoms with Gasteiger partial charge in [-0.2, -0.15) is 0 Å². The lowest BCUT2D eigenvalue weighted by molar-refractivity contribution is -0.0972. The summed E-state index contributed by atoms with van der Waals surface area (Å²) < 4.78 is 5.47. The van der Waals surface area contributed by atoms with Crippen LogP contribution in [0, 0.1) is 5.41 Å². The molecule has 0 radical (unpaired) electrons. The first-order chi connectivity index (χ1) is 8.62. The van der Waals surface area contributed by atoms with E-state index in [1.807, 2.05) is 7.11 Å². The van der Waals surface area contributed by atoms with E-state index in [0.29, 0.717) is 17.6 Å². The molecule has 1 aliphatic carbocycles. The molecule has 0 bridgehead atoms. The monoisotopic (exact) mass is 255 g/mol. The number of hydrogen-bond acceptors (Lipinski definition) is 2. The summed E-state index contributed by atoms with van der Waals surface area (Å²) in [5.41, 5.74) is 0.315. The molecule has 0 heterocycles. The number of nitrogens with one attached hydrogen (secondary N) is 1. The molecule has 0 saturated heterocycles. The fourth-order valence-electron chi connectivity index (χ4n) is 2.99. The molecule has 1 rings (SSSR count). The Balaban J connectivity index is 1.93. The van der Waals surface area contributed by atoms with E-state index in [-0.39, 0.29) is 0 Å². The Morgan fingerprint density at radius 3 is 2.22 bits per heavy atom. The van der Waals surface area contributed by atoms with Crippen LogP contribution in [-0.2, 0) is 4.74 Å². The summed E-state index contributed by atoms with van der Waals surface area (Å²) >= 11 is 0. The zero-order chi connectivity index (χ0) is 13.4. The van der Waals surface area contributed by atoms with Gasteiger partial charge >= 0.3 is 0 Å². The van der Waals surface area contributed by atoms with Crippen LogP contribution >= 0.6 is 0 Å². The van der Waals surface area contributed by atoms with Gasteiger partial charge in [0.05, 0.1) is 6.10 Å². The van der Waals surface area contributed by atoms with Gasteiger partial charge in [-0.25, -0.2) is 0 Å². The molecule has 2 nitrogen and oxygen atoms in total. The van der Waals surface area contributed by atoms with E-state index in [4.69, 9.17) is 4.74 Å². The second kappa shape index (κ2) is 8.16. The Morgan fingerprint density at radius 2 is 1.67 bits per heavy atom. The van der Waals surface area contributed by atoms with E-state index in [0.717, 1.165) is 0 Å². The first kappa shape index (κ1) is 16.0. The number of ether oxygens (including phenoxy) is 1. The molecular formula is C16H33NO. The summed E-state index contributed by atoms with van der Waals surface area (Å²) in [6.07, 6.45) is 11.4. The van der Waals surface area contributed by atoms with Crippen LogP contribution in [0.3, 0.4) is 0 Å². The number of methoxy groups -OCH3 is 1. The third-order valence-electron chi connectivity index (χ3n) is 4.63. The van der Waals surface area contributed by atoms with Crippen molar-refractivity contribution in [3.05, 3.63) is 0 Å². The predicted molar refractivity (Wildman–Crippen MR) is 79.0 cm³/mol. The lowest BCUT2D eigenvalue weighted by Gasteiger charge is -2.51. The smallest absolute Gasteiger partial charge is 0.0652 e. The first-order valence-corrected chi connectivity index (χ1v) is 7.89. The minimum atomic E-state index is 0.315. The Bertz CT molecular complexity index is 215. The maximum atomic E-state index is 5.47. The number of hydrogen-bond donors (Lipinski definition) is 1.